The Hall–Kier alpha value is -7.64. The second kappa shape index (κ2) is 29.5. The number of nitrogens with one attached hydrogen (secondary N) is 9. The topological polar surface area (TPSA) is 492 Å². The molecule has 1 saturated heterocycles. The zero-order chi connectivity index (χ0) is 54.4. The first kappa shape index (κ1) is 60.5. The summed E-state index contributed by atoms with van der Waals surface area (Å²) in [5.41, 5.74) is 0.180. The van der Waals surface area contributed by atoms with Crippen LogP contribution in [0.5, 0.6) is 5.75 Å². The van der Waals surface area contributed by atoms with Crippen LogP contribution in [-0.4, -0.2) is 197 Å². The second-order valence-electron chi connectivity index (χ2n) is 16.1. The largest absolute Gasteiger partial charge is 0.508 e. The number of carbonyl (C=O) groups excluding carboxylic acids is 8. The van der Waals surface area contributed by atoms with Gasteiger partial charge in [-0.2, -0.15) is 12.6 Å². The Labute approximate surface area is 413 Å². The lowest BCUT2D eigenvalue weighted by Crippen LogP contribution is -2.62. The van der Waals surface area contributed by atoms with Gasteiger partial charge in [0.2, 0.25) is 47.3 Å². The molecule has 0 spiro atoms. The lowest BCUT2D eigenvalue weighted by molar-refractivity contribution is -0.144. The van der Waals surface area contributed by atoms with Crippen LogP contribution in [0.2, 0.25) is 0 Å². The number of aliphatic hydroxyl groups excluding tert-OH is 2. The summed E-state index contributed by atoms with van der Waals surface area (Å²) in [4.78, 5) is 165. The number of aliphatic hydroxyl groups is 2. The van der Waals surface area contributed by atoms with E-state index in [1.165, 1.54) is 12.1 Å². The first-order valence-electron chi connectivity index (χ1n) is 21.7. The molecular formula is C41H57N9O21S. The maximum atomic E-state index is 13.9. The van der Waals surface area contributed by atoms with Crippen LogP contribution in [0, 0.1) is 0 Å². The Morgan fingerprint density at radius 2 is 1.01 bits per heavy atom. The quantitative estimate of drug-likeness (QED) is 0.0307. The van der Waals surface area contributed by atoms with Crippen molar-refractivity contribution < 1.29 is 103 Å². The van der Waals surface area contributed by atoms with Crippen LogP contribution in [-0.2, 0) is 68.7 Å². The van der Waals surface area contributed by atoms with Crippen molar-refractivity contribution in [2.75, 3.05) is 18.9 Å². The van der Waals surface area contributed by atoms with E-state index in [1.807, 2.05) is 16.0 Å². The summed E-state index contributed by atoms with van der Waals surface area (Å²) in [6.45, 7) is 0.219. The van der Waals surface area contributed by atoms with Crippen molar-refractivity contribution in [2.24, 2.45) is 0 Å². The van der Waals surface area contributed by atoms with Gasteiger partial charge < -0.3 is 88.7 Å². The van der Waals surface area contributed by atoms with Gasteiger partial charge in [-0.3, -0.25) is 57.5 Å². The van der Waals surface area contributed by atoms with E-state index >= 15 is 0 Å². The second-order valence-corrected chi connectivity index (χ2v) is 16.5. The molecule has 0 saturated carbocycles. The van der Waals surface area contributed by atoms with Crippen LogP contribution in [0.1, 0.15) is 57.4 Å². The number of aliphatic carboxylic acids is 5. The molecule has 0 unspecified atom stereocenters. The van der Waals surface area contributed by atoms with Crippen LogP contribution in [0.15, 0.2) is 24.3 Å². The normalized spacial score (nSPS) is 16.7. The Morgan fingerprint density at radius 3 is 1.44 bits per heavy atom. The summed E-state index contributed by atoms with van der Waals surface area (Å²) in [6.07, 6.45) is -6.36. The van der Waals surface area contributed by atoms with Crippen LogP contribution in [0.3, 0.4) is 0 Å². The molecule has 2 rings (SSSR count). The number of thiol groups is 1. The zero-order valence-electron chi connectivity index (χ0n) is 38.2. The first-order chi connectivity index (χ1) is 33.8. The maximum Gasteiger partial charge on any atom is 0.327 e. The summed E-state index contributed by atoms with van der Waals surface area (Å²) >= 11 is 3.81. The highest BCUT2D eigenvalue weighted by Crippen LogP contribution is 2.13. The summed E-state index contributed by atoms with van der Waals surface area (Å²) in [5, 5.41) is 96.9. The van der Waals surface area contributed by atoms with E-state index in [0.29, 0.717) is 19.4 Å². The van der Waals surface area contributed by atoms with Gasteiger partial charge in [-0.1, -0.05) is 12.1 Å². The number of phenolic OH excluding ortho intramolecular Hbond substituents is 1. The molecule has 1 heterocycles. The molecule has 0 aliphatic carbocycles. The Kier molecular flexibility index (Phi) is 24.8. The van der Waals surface area contributed by atoms with E-state index in [2.05, 4.69) is 44.5 Å². The molecule has 1 aliphatic rings. The average Bonchev–Trinajstić information content (AvgIpc) is 3.85. The van der Waals surface area contributed by atoms with Crippen molar-refractivity contribution in [3.63, 3.8) is 0 Å². The third kappa shape index (κ3) is 20.8. The lowest BCUT2D eigenvalue weighted by Gasteiger charge is -2.27. The molecule has 31 heteroatoms. The fraction of sp³-hybridized carbons (Fsp3) is 0.537. The number of aromatic hydroxyl groups is 1. The van der Waals surface area contributed by atoms with Crippen molar-refractivity contribution in [3.8, 4) is 5.75 Å². The number of hydrogen-bond donors (Lipinski definition) is 18. The molecule has 8 amide bonds. The van der Waals surface area contributed by atoms with Crippen molar-refractivity contribution in [2.45, 2.75) is 119 Å². The van der Waals surface area contributed by atoms with Crippen LogP contribution in [0.4, 0.5) is 0 Å². The highest BCUT2D eigenvalue weighted by Gasteiger charge is 2.37. The van der Waals surface area contributed by atoms with E-state index in [9.17, 15) is 103 Å². The van der Waals surface area contributed by atoms with Gasteiger partial charge in [-0.25, -0.2) is 4.79 Å². The van der Waals surface area contributed by atoms with Crippen LogP contribution >= 0.6 is 12.6 Å². The third-order valence-corrected chi connectivity index (χ3v) is 10.7. The average molecular weight is 1040 g/mol. The van der Waals surface area contributed by atoms with Gasteiger partial charge in [0.15, 0.2) is 0 Å². The highest BCUT2D eigenvalue weighted by atomic mass is 32.1. The molecule has 1 aliphatic heterocycles. The van der Waals surface area contributed by atoms with E-state index in [1.54, 1.807) is 0 Å². The SMILES string of the molecule is C[C@@H](O)[C@H](NC(=O)[C@H](CCC(=O)O)NC(=O)[C@H](CO)NC(=O)[C@H](Cc1ccc(O)cc1)NC(=O)[C@H](CC(=O)O)NC(=O)[C@H](CC(=O)O)NC(=O)[C@H](CC(=O)O)NC(=O)[C@@H]1CCCN1)C(=O)N[C@@H](CS)C(=O)O. The zero-order valence-corrected chi connectivity index (χ0v) is 39.1. The highest BCUT2D eigenvalue weighted by molar-refractivity contribution is 7.80. The number of phenols is 1. The van der Waals surface area contributed by atoms with Crippen molar-refractivity contribution in [3.05, 3.63) is 29.8 Å². The van der Waals surface area contributed by atoms with Crippen LogP contribution in [0.25, 0.3) is 0 Å². The predicted molar refractivity (Wildman–Crippen MR) is 242 cm³/mol. The fourth-order valence-electron chi connectivity index (χ4n) is 6.61. The molecule has 10 atom stereocenters. The number of hydrogen-bond acceptors (Lipinski definition) is 18. The molecular weight excluding hydrogens is 987 g/mol. The minimum Gasteiger partial charge on any atom is -0.508 e. The smallest absolute Gasteiger partial charge is 0.327 e. The number of amides is 8. The molecule has 0 bridgehead atoms. The van der Waals surface area contributed by atoms with Crippen molar-refractivity contribution in [1.29, 1.82) is 0 Å². The molecule has 30 nitrogen and oxygen atoms in total. The van der Waals surface area contributed by atoms with Gasteiger partial charge in [0, 0.05) is 18.6 Å². The maximum absolute atomic E-state index is 13.9. The minimum absolute atomic E-state index is 0.180. The number of carbonyl (C=O) groups is 13. The van der Waals surface area contributed by atoms with E-state index < -0.39 is 188 Å². The van der Waals surface area contributed by atoms with Gasteiger partial charge in [-0.05, 0) is 50.4 Å². The van der Waals surface area contributed by atoms with Gasteiger partial charge >= 0.3 is 29.8 Å². The Morgan fingerprint density at radius 1 is 0.583 bits per heavy atom. The number of carboxylic acid groups (broad SMARTS) is 5. The third-order valence-electron chi connectivity index (χ3n) is 10.4. The number of rotatable bonds is 31. The molecule has 0 aromatic heterocycles. The molecule has 72 heavy (non-hydrogen) atoms. The van der Waals surface area contributed by atoms with Gasteiger partial charge in [0.1, 0.15) is 54.1 Å². The predicted octanol–water partition coefficient (Wildman–Crippen LogP) is -6.76. The monoisotopic (exact) mass is 1040 g/mol. The van der Waals surface area contributed by atoms with Gasteiger partial charge in [-0.15, -0.1) is 0 Å². The van der Waals surface area contributed by atoms with E-state index in [0.717, 1.165) is 19.1 Å². The molecule has 0 radical (unpaired) electrons. The van der Waals surface area contributed by atoms with E-state index in [-0.39, 0.29) is 11.3 Å². The molecule has 1 aromatic rings. The Balaban J connectivity index is 2.42. The number of benzene rings is 1. The van der Waals surface area contributed by atoms with Crippen molar-refractivity contribution >= 4 is 89.7 Å². The molecule has 17 N–H and O–H groups in total. The van der Waals surface area contributed by atoms with Crippen LogP contribution < -0.4 is 47.9 Å². The first-order valence-corrected chi connectivity index (χ1v) is 22.3. The minimum atomic E-state index is -2.19. The van der Waals surface area contributed by atoms with Gasteiger partial charge in [0.05, 0.1) is 38.0 Å². The van der Waals surface area contributed by atoms with Crippen molar-refractivity contribution in [1.82, 2.24) is 47.9 Å². The summed E-state index contributed by atoms with van der Waals surface area (Å²) in [6, 6.07) is -11.4. The summed E-state index contributed by atoms with van der Waals surface area (Å²) in [7, 11) is 0. The fourth-order valence-corrected chi connectivity index (χ4v) is 6.86. The molecule has 1 aromatic carbocycles. The molecule has 398 valence electrons. The summed E-state index contributed by atoms with van der Waals surface area (Å²) < 4.78 is 0. The standard InChI is InChI=1S/C41H57N9O21S/c1-17(52)32(40(69)49-27(16-72)41(70)71)50-34(63)21(8-9-28(54)55)43-39(68)26(15-51)48-35(64)22(11-18-4-6-19(53)7-5-18)44-36(65)24(13-30(58)59)46-38(67)25(14-31(60)61)47-37(66)23(12-29(56)57)45-33(62)20-3-2-10-42-20/h4-7,17,20-27,32,42,51-53,72H,2-3,8-16H2,1H3,(H,43,68)(H,44,65)(H,45,62)(H,46,67)(H,47,66)(H,48,64)(H,49,69)(H,50,63)(H,54,55)(H,56,57)(H,58,59)(H,60,61)(H,70,71)/t17-,20+,21+,22+,23+,24+,25+,26+,27+,32+/m1/s1. The van der Waals surface area contributed by atoms with E-state index in [4.69, 9.17) is 0 Å². The lowest BCUT2D eigenvalue weighted by atomic mass is 10.0. The Bertz CT molecular complexity index is 2170. The number of carboxylic acids is 5. The van der Waals surface area contributed by atoms with Gasteiger partial charge in [0.25, 0.3) is 0 Å². The summed E-state index contributed by atoms with van der Waals surface area (Å²) in [5.74, 6) is -19.0. The molecule has 1 fully saturated rings.